The number of nitrogens with zero attached hydrogens (tertiary/aromatic N) is 1. The summed E-state index contributed by atoms with van der Waals surface area (Å²) in [7, 11) is 4.66. The number of carbonyl (C=O) groups excluding carboxylic acids is 1. The van der Waals surface area contributed by atoms with Crippen molar-refractivity contribution in [2.24, 2.45) is 0 Å². The zero-order valence-electron chi connectivity index (χ0n) is 19.3. The first kappa shape index (κ1) is 22.3. The van der Waals surface area contributed by atoms with Crippen LogP contribution < -0.4 is 23.7 Å². The average Bonchev–Trinajstić information content (AvgIpc) is 3.50. The molecule has 0 amide bonds. The number of ether oxygens (including phenoxy) is 5. The molecule has 176 valence electrons. The fourth-order valence-corrected chi connectivity index (χ4v) is 4.91. The van der Waals surface area contributed by atoms with Crippen LogP contribution in [0.5, 0.6) is 28.7 Å². The van der Waals surface area contributed by atoms with Gasteiger partial charge in [-0.15, -0.1) is 11.3 Å². The van der Waals surface area contributed by atoms with Crippen molar-refractivity contribution in [3.05, 3.63) is 69.1 Å². The predicted molar refractivity (Wildman–Crippen MR) is 129 cm³/mol. The molecular weight excluding hydrogens is 454 g/mol. The predicted octanol–water partition coefficient (Wildman–Crippen LogP) is 4.78. The van der Waals surface area contributed by atoms with E-state index in [9.17, 15) is 4.79 Å². The van der Waals surface area contributed by atoms with Crippen molar-refractivity contribution < 1.29 is 28.5 Å². The Bertz CT molecular complexity index is 1230. The van der Waals surface area contributed by atoms with Gasteiger partial charge in [0.25, 0.3) is 0 Å². The van der Waals surface area contributed by atoms with Gasteiger partial charge < -0.3 is 23.7 Å². The van der Waals surface area contributed by atoms with Crippen LogP contribution in [-0.2, 0) is 13.0 Å². The first-order chi connectivity index (χ1) is 16.6. The van der Waals surface area contributed by atoms with Crippen molar-refractivity contribution in [2.45, 2.75) is 13.0 Å². The minimum absolute atomic E-state index is 0.165. The van der Waals surface area contributed by atoms with Crippen molar-refractivity contribution in [3.63, 3.8) is 0 Å². The SMILES string of the molecule is COc1cc(/C=C2\Oc3c(ccc4c3CN(CCc3cccs3)CO4)C2=O)cc(OC)c1OC. The molecule has 34 heavy (non-hydrogen) atoms. The molecule has 0 atom stereocenters. The van der Waals surface area contributed by atoms with E-state index < -0.39 is 0 Å². The summed E-state index contributed by atoms with van der Waals surface area (Å²) in [5.41, 5.74) is 2.14. The lowest BCUT2D eigenvalue weighted by molar-refractivity contribution is 0.0951. The Kier molecular flexibility index (Phi) is 6.17. The van der Waals surface area contributed by atoms with E-state index in [1.807, 2.05) is 6.07 Å². The number of ketones is 1. The summed E-state index contributed by atoms with van der Waals surface area (Å²) in [6, 6.07) is 11.4. The Morgan fingerprint density at radius 3 is 2.56 bits per heavy atom. The minimum atomic E-state index is -0.165. The molecule has 0 unspecified atom stereocenters. The van der Waals surface area contributed by atoms with Gasteiger partial charge in [0.2, 0.25) is 11.5 Å². The third kappa shape index (κ3) is 4.10. The van der Waals surface area contributed by atoms with E-state index in [1.54, 1.807) is 56.9 Å². The zero-order chi connectivity index (χ0) is 23.7. The van der Waals surface area contributed by atoms with Crippen LogP contribution in [0.15, 0.2) is 47.5 Å². The Labute approximate surface area is 202 Å². The lowest BCUT2D eigenvalue weighted by Gasteiger charge is -2.29. The molecular formula is C26H25NO6S. The van der Waals surface area contributed by atoms with Crippen molar-refractivity contribution in [1.82, 2.24) is 4.90 Å². The van der Waals surface area contributed by atoms with Crippen molar-refractivity contribution in [1.29, 1.82) is 0 Å². The fourth-order valence-electron chi connectivity index (χ4n) is 4.21. The summed E-state index contributed by atoms with van der Waals surface area (Å²) >= 11 is 1.76. The maximum atomic E-state index is 13.1. The third-order valence-electron chi connectivity index (χ3n) is 5.92. The smallest absolute Gasteiger partial charge is 0.231 e. The topological polar surface area (TPSA) is 66.5 Å². The van der Waals surface area contributed by atoms with E-state index in [1.165, 1.54) is 4.88 Å². The minimum Gasteiger partial charge on any atom is -0.493 e. The highest BCUT2D eigenvalue weighted by Gasteiger charge is 2.33. The van der Waals surface area contributed by atoms with Crippen LogP contribution in [-0.4, -0.2) is 45.3 Å². The Morgan fingerprint density at radius 1 is 1.09 bits per heavy atom. The van der Waals surface area contributed by atoms with E-state index >= 15 is 0 Å². The number of allylic oxidation sites excluding steroid dienone is 1. The summed E-state index contributed by atoms with van der Waals surface area (Å²) in [5.74, 6) is 2.90. The van der Waals surface area contributed by atoms with Crippen molar-refractivity contribution >= 4 is 23.2 Å². The van der Waals surface area contributed by atoms with Gasteiger partial charge in [-0.3, -0.25) is 9.69 Å². The highest BCUT2D eigenvalue weighted by Crippen LogP contribution is 2.43. The number of methoxy groups -OCH3 is 3. The second kappa shape index (κ2) is 9.40. The molecule has 0 saturated heterocycles. The zero-order valence-corrected chi connectivity index (χ0v) is 20.1. The van der Waals surface area contributed by atoms with E-state index in [0.29, 0.717) is 47.4 Å². The summed E-state index contributed by atoms with van der Waals surface area (Å²) in [4.78, 5) is 16.7. The van der Waals surface area contributed by atoms with Gasteiger partial charge >= 0.3 is 0 Å². The summed E-state index contributed by atoms with van der Waals surface area (Å²) in [5, 5.41) is 2.09. The molecule has 2 aromatic carbocycles. The number of fused-ring (bicyclic) bond motifs is 3. The second-order valence-electron chi connectivity index (χ2n) is 7.97. The van der Waals surface area contributed by atoms with Gasteiger partial charge in [0.05, 0.1) is 32.5 Å². The Balaban J connectivity index is 1.41. The van der Waals surface area contributed by atoms with Gasteiger partial charge in [0, 0.05) is 18.0 Å². The molecule has 0 saturated carbocycles. The number of hydrogen-bond acceptors (Lipinski definition) is 8. The van der Waals surface area contributed by atoms with Crippen LogP contribution in [0.1, 0.15) is 26.4 Å². The van der Waals surface area contributed by atoms with Crippen LogP contribution >= 0.6 is 11.3 Å². The highest BCUT2D eigenvalue weighted by molar-refractivity contribution is 7.09. The monoisotopic (exact) mass is 479 g/mol. The average molecular weight is 480 g/mol. The molecule has 5 rings (SSSR count). The van der Waals surface area contributed by atoms with Gasteiger partial charge in [-0.1, -0.05) is 6.07 Å². The molecule has 0 aliphatic carbocycles. The second-order valence-corrected chi connectivity index (χ2v) is 9.00. The third-order valence-corrected chi connectivity index (χ3v) is 6.86. The maximum Gasteiger partial charge on any atom is 0.231 e. The number of thiophene rings is 1. The summed E-state index contributed by atoms with van der Waals surface area (Å²) < 4.78 is 28.3. The molecule has 2 aliphatic rings. The standard InChI is InChI=1S/C26H25NO6S/c1-29-22-12-16(13-23(30-2)26(22)31-3)11-21-24(28)18-6-7-20-19(25(18)33-21)14-27(15-32-20)9-8-17-5-4-10-34-17/h4-7,10-13H,8-9,14-15H2,1-3H3/b21-11-. The molecule has 0 bridgehead atoms. The largest absolute Gasteiger partial charge is 0.493 e. The molecule has 8 heteroatoms. The van der Waals surface area contributed by atoms with Crippen LogP contribution in [0.2, 0.25) is 0 Å². The number of hydrogen-bond donors (Lipinski definition) is 0. The molecule has 3 aromatic rings. The number of Topliss-reactive ketones (excluding diaryl/α,β-unsaturated/α-hetero) is 1. The first-order valence-electron chi connectivity index (χ1n) is 10.9. The maximum absolute atomic E-state index is 13.1. The van der Waals surface area contributed by atoms with Gasteiger partial charge in [0.1, 0.15) is 18.2 Å². The first-order valence-corrected chi connectivity index (χ1v) is 11.8. The molecule has 3 heterocycles. The fraction of sp³-hybridized carbons (Fsp3) is 0.269. The van der Waals surface area contributed by atoms with E-state index in [-0.39, 0.29) is 11.5 Å². The molecule has 2 aliphatic heterocycles. The normalized spacial score (nSPS) is 16.0. The van der Waals surface area contributed by atoms with E-state index in [0.717, 1.165) is 24.3 Å². The molecule has 0 radical (unpaired) electrons. The van der Waals surface area contributed by atoms with Gasteiger partial charge in [0.15, 0.2) is 17.3 Å². The number of carbonyl (C=O) groups is 1. The van der Waals surface area contributed by atoms with E-state index in [2.05, 4.69) is 22.4 Å². The Morgan fingerprint density at radius 2 is 1.88 bits per heavy atom. The van der Waals surface area contributed by atoms with Crippen LogP contribution in [0.3, 0.4) is 0 Å². The lowest BCUT2D eigenvalue weighted by Crippen LogP contribution is -2.33. The van der Waals surface area contributed by atoms with Crippen molar-refractivity contribution in [2.75, 3.05) is 34.6 Å². The summed E-state index contributed by atoms with van der Waals surface area (Å²) in [6.07, 6.45) is 2.65. The van der Waals surface area contributed by atoms with Crippen LogP contribution in [0.4, 0.5) is 0 Å². The highest BCUT2D eigenvalue weighted by atomic mass is 32.1. The van der Waals surface area contributed by atoms with Crippen molar-refractivity contribution in [3.8, 4) is 28.7 Å². The quantitative estimate of drug-likeness (QED) is 0.452. The lowest BCUT2D eigenvalue weighted by atomic mass is 10.0. The summed E-state index contributed by atoms with van der Waals surface area (Å²) in [6.45, 7) is 2.04. The molecule has 0 spiro atoms. The molecule has 0 N–H and O–H groups in total. The van der Waals surface area contributed by atoms with Crippen LogP contribution in [0, 0.1) is 0 Å². The number of rotatable bonds is 7. The van der Waals surface area contributed by atoms with Gasteiger partial charge in [-0.05, 0) is 53.8 Å². The molecule has 1 aromatic heterocycles. The Hall–Kier alpha value is -3.49. The van der Waals surface area contributed by atoms with Gasteiger partial charge in [-0.2, -0.15) is 0 Å². The molecule has 0 fully saturated rings. The number of benzene rings is 2. The van der Waals surface area contributed by atoms with Gasteiger partial charge in [-0.25, -0.2) is 0 Å². The molecule has 7 nitrogen and oxygen atoms in total. The van der Waals surface area contributed by atoms with Crippen LogP contribution in [0.25, 0.3) is 6.08 Å². The van der Waals surface area contributed by atoms with E-state index in [4.69, 9.17) is 23.7 Å².